The van der Waals surface area contributed by atoms with Gasteiger partial charge in [-0.3, -0.25) is 0 Å². The Morgan fingerprint density at radius 1 is 1.53 bits per heavy atom. The molecule has 0 spiro atoms. The van der Waals surface area contributed by atoms with Crippen molar-refractivity contribution in [2.24, 2.45) is 0 Å². The van der Waals surface area contributed by atoms with Gasteiger partial charge >= 0.3 is 0 Å². The van der Waals surface area contributed by atoms with Crippen LogP contribution in [-0.2, 0) is 6.54 Å². The summed E-state index contributed by atoms with van der Waals surface area (Å²) in [6.45, 7) is 4.34. The molecule has 0 saturated carbocycles. The minimum absolute atomic E-state index is 0.0385. The number of aryl methyl sites for hydroxylation is 2. The summed E-state index contributed by atoms with van der Waals surface area (Å²) in [4.78, 5) is 0. The fourth-order valence-corrected chi connectivity index (χ4v) is 1.83. The molecule has 0 unspecified atom stereocenters. The van der Waals surface area contributed by atoms with E-state index in [4.69, 9.17) is 11.0 Å². The van der Waals surface area contributed by atoms with Crippen molar-refractivity contribution >= 4 is 17.2 Å². The lowest BCUT2D eigenvalue weighted by atomic mass is 10.2. The van der Waals surface area contributed by atoms with Crippen molar-refractivity contribution in [3.8, 4) is 6.07 Å². The smallest absolute Gasteiger partial charge is 0.152 e. The Morgan fingerprint density at radius 3 is 2.89 bits per heavy atom. The fourth-order valence-electron chi connectivity index (χ4n) is 1.83. The van der Waals surface area contributed by atoms with Crippen LogP contribution < -0.4 is 11.1 Å². The Morgan fingerprint density at radius 2 is 2.26 bits per heavy atom. The second-order valence-electron chi connectivity index (χ2n) is 4.06. The summed E-state index contributed by atoms with van der Waals surface area (Å²) in [6.07, 6.45) is 0. The third kappa shape index (κ3) is 2.22. The molecule has 0 aliphatic heterocycles. The number of rotatable bonds is 3. The molecule has 0 aliphatic rings. The van der Waals surface area contributed by atoms with E-state index in [-0.39, 0.29) is 5.56 Å². The first-order valence-corrected chi connectivity index (χ1v) is 5.87. The Labute approximate surface area is 110 Å². The molecule has 0 radical (unpaired) electrons. The minimum Gasteiger partial charge on any atom is -0.394 e. The summed E-state index contributed by atoms with van der Waals surface area (Å²) in [7, 11) is 0. The van der Waals surface area contributed by atoms with Crippen LogP contribution in [-0.4, -0.2) is 9.78 Å². The number of nitrogens with one attached hydrogen (secondary N) is 1. The molecule has 0 atom stereocenters. The zero-order valence-electron chi connectivity index (χ0n) is 10.7. The van der Waals surface area contributed by atoms with Crippen molar-refractivity contribution in [1.82, 2.24) is 9.78 Å². The molecule has 3 N–H and O–H groups in total. The fraction of sp³-hybridized carbons (Fsp3) is 0.231. The highest BCUT2D eigenvalue weighted by atomic mass is 19.1. The summed E-state index contributed by atoms with van der Waals surface area (Å²) in [6, 6.07) is 6.25. The maximum atomic E-state index is 13.5. The van der Waals surface area contributed by atoms with E-state index in [1.54, 1.807) is 17.7 Å². The van der Waals surface area contributed by atoms with Gasteiger partial charge in [-0.25, -0.2) is 9.07 Å². The van der Waals surface area contributed by atoms with Gasteiger partial charge in [-0.1, -0.05) is 6.07 Å². The molecule has 1 aromatic heterocycles. The van der Waals surface area contributed by atoms with Crippen molar-refractivity contribution in [1.29, 1.82) is 5.26 Å². The summed E-state index contributed by atoms with van der Waals surface area (Å²) in [5.74, 6) is 0.00690. The molecule has 0 saturated heterocycles. The van der Waals surface area contributed by atoms with Gasteiger partial charge in [0.05, 0.1) is 17.1 Å². The average Bonchev–Trinajstić information content (AvgIpc) is 2.67. The zero-order valence-corrected chi connectivity index (χ0v) is 10.7. The number of nitrogens with two attached hydrogens (primary N) is 1. The standard InChI is InChI=1S/C13H14FN5/c1-3-19-13(12(16)8(2)18-19)17-11-6-4-5-10(14)9(11)7-15/h4-6,17H,3,16H2,1-2H3. The van der Waals surface area contributed by atoms with E-state index < -0.39 is 5.82 Å². The number of anilines is 3. The van der Waals surface area contributed by atoms with Crippen molar-refractivity contribution in [3.63, 3.8) is 0 Å². The third-order valence-corrected chi connectivity index (χ3v) is 2.85. The maximum Gasteiger partial charge on any atom is 0.152 e. The highest BCUT2D eigenvalue weighted by molar-refractivity contribution is 5.74. The molecule has 5 nitrogen and oxygen atoms in total. The molecule has 2 aromatic rings. The Balaban J connectivity index is 2.48. The molecule has 19 heavy (non-hydrogen) atoms. The SMILES string of the molecule is CCn1nc(C)c(N)c1Nc1cccc(F)c1C#N. The topological polar surface area (TPSA) is 79.7 Å². The van der Waals surface area contributed by atoms with Gasteiger partial charge < -0.3 is 11.1 Å². The highest BCUT2D eigenvalue weighted by Crippen LogP contribution is 2.28. The molecule has 2 rings (SSSR count). The number of nitrogens with zero attached hydrogens (tertiary/aromatic N) is 3. The molecule has 1 aromatic carbocycles. The van der Waals surface area contributed by atoms with Gasteiger partial charge in [-0.05, 0) is 26.0 Å². The molecular weight excluding hydrogens is 245 g/mol. The lowest BCUT2D eigenvalue weighted by molar-refractivity contribution is 0.624. The summed E-state index contributed by atoms with van der Waals surface area (Å²) >= 11 is 0. The number of benzene rings is 1. The number of nitriles is 1. The Kier molecular flexibility index (Phi) is 3.38. The highest BCUT2D eigenvalue weighted by Gasteiger charge is 2.14. The summed E-state index contributed by atoms with van der Waals surface area (Å²) in [5.41, 5.74) is 7.46. The van der Waals surface area contributed by atoms with Gasteiger partial charge in [0.25, 0.3) is 0 Å². The molecule has 0 bridgehead atoms. The van der Waals surface area contributed by atoms with Crippen LogP contribution in [0.5, 0.6) is 0 Å². The van der Waals surface area contributed by atoms with E-state index in [0.717, 1.165) is 0 Å². The first-order valence-electron chi connectivity index (χ1n) is 5.87. The van der Waals surface area contributed by atoms with E-state index in [9.17, 15) is 4.39 Å². The predicted molar refractivity (Wildman–Crippen MR) is 71.4 cm³/mol. The van der Waals surface area contributed by atoms with Crippen LogP contribution >= 0.6 is 0 Å². The van der Waals surface area contributed by atoms with Gasteiger partial charge in [-0.2, -0.15) is 10.4 Å². The number of hydrogen-bond acceptors (Lipinski definition) is 4. The van der Waals surface area contributed by atoms with Crippen LogP contribution in [0.2, 0.25) is 0 Å². The Hall–Kier alpha value is -2.55. The van der Waals surface area contributed by atoms with Gasteiger partial charge in [0.15, 0.2) is 5.82 Å². The number of aromatic nitrogens is 2. The molecule has 1 heterocycles. The molecule has 98 valence electrons. The van der Waals surface area contributed by atoms with Crippen LogP contribution in [0.25, 0.3) is 0 Å². The number of nitrogen functional groups attached to an aromatic ring is 1. The van der Waals surface area contributed by atoms with Gasteiger partial charge in [-0.15, -0.1) is 0 Å². The lowest BCUT2D eigenvalue weighted by Crippen LogP contribution is -2.05. The number of halogens is 1. The van der Waals surface area contributed by atoms with Crippen molar-refractivity contribution in [2.45, 2.75) is 20.4 Å². The molecule has 0 amide bonds. The van der Waals surface area contributed by atoms with Crippen LogP contribution in [0.1, 0.15) is 18.2 Å². The second-order valence-corrected chi connectivity index (χ2v) is 4.06. The number of hydrogen-bond donors (Lipinski definition) is 2. The van der Waals surface area contributed by atoms with Crippen LogP contribution in [0.15, 0.2) is 18.2 Å². The van der Waals surface area contributed by atoms with E-state index >= 15 is 0 Å². The van der Waals surface area contributed by atoms with Crippen molar-refractivity contribution in [3.05, 3.63) is 35.3 Å². The quantitative estimate of drug-likeness (QED) is 0.887. The van der Waals surface area contributed by atoms with E-state index in [1.807, 2.05) is 13.0 Å². The summed E-state index contributed by atoms with van der Waals surface area (Å²) in [5, 5.41) is 16.2. The minimum atomic E-state index is -0.564. The van der Waals surface area contributed by atoms with E-state index in [2.05, 4.69) is 10.4 Å². The van der Waals surface area contributed by atoms with Crippen molar-refractivity contribution in [2.75, 3.05) is 11.1 Å². The van der Waals surface area contributed by atoms with Gasteiger partial charge in [0, 0.05) is 6.54 Å². The second kappa shape index (κ2) is 4.98. The zero-order chi connectivity index (χ0) is 14.0. The summed E-state index contributed by atoms with van der Waals surface area (Å²) < 4.78 is 15.2. The average molecular weight is 259 g/mol. The molecular formula is C13H14FN5. The third-order valence-electron chi connectivity index (χ3n) is 2.85. The molecule has 6 heteroatoms. The van der Waals surface area contributed by atoms with Crippen LogP contribution in [0, 0.1) is 24.1 Å². The normalized spacial score (nSPS) is 10.2. The molecule has 0 fully saturated rings. The van der Waals surface area contributed by atoms with E-state index in [0.29, 0.717) is 29.4 Å². The first-order chi connectivity index (χ1) is 9.08. The van der Waals surface area contributed by atoms with E-state index in [1.165, 1.54) is 12.1 Å². The lowest BCUT2D eigenvalue weighted by Gasteiger charge is -2.10. The largest absolute Gasteiger partial charge is 0.394 e. The monoisotopic (exact) mass is 259 g/mol. The predicted octanol–water partition coefficient (Wildman–Crippen LogP) is 2.55. The Bertz CT molecular complexity index is 654. The maximum absolute atomic E-state index is 13.5. The van der Waals surface area contributed by atoms with Crippen LogP contribution in [0.4, 0.5) is 21.6 Å². The van der Waals surface area contributed by atoms with Crippen molar-refractivity contribution < 1.29 is 4.39 Å². The van der Waals surface area contributed by atoms with Gasteiger partial charge in [0.2, 0.25) is 0 Å². The molecule has 0 aliphatic carbocycles. The first kappa shape index (κ1) is 12.9. The van der Waals surface area contributed by atoms with Gasteiger partial charge in [0.1, 0.15) is 17.4 Å². The van der Waals surface area contributed by atoms with Crippen LogP contribution in [0.3, 0.4) is 0 Å².